The van der Waals surface area contributed by atoms with Crippen molar-refractivity contribution in [3.8, 4) is 0 Å². The van der Waals surface area contributed by atoms with E-state index in [2.05, 4.69) is 12.2 Å². The minimum atomic E-state index is -0.587. The van der Waals surface area contributed by atoms with Crippen LogP contribution in [0.1, 0.15) is 26.2 Å². The van der Waals surface area contributed by atoms with Crippen molar-refractivity contribution in [1.29, 1.82) is 0 Å². The number of non-ortho nitro benzene ring substituents is 1. The molecule has 2 aromatic carbocycles. The van der Waals surface area contributed by atoms with Crippen molar-refractivity contribution in [3.63, 3.8) is 0 Å². The molecule has 0 amide bonds. The van der Waals surface area contributed by atoms with Crippen LogP contribution in [0.25, 0.3) is 10.8 Å². The number of hydrogen-bond donors (Lipinski definition) is 1. The third-order valence-corrected chi connectivity index (χ3v) is 3.48. The van der Waals surface area contributed by atoms with Crippen molar-refractivity contribution in [3.05, 3.63) is 50.6 Å². The maximum absolute atomic E-state index is 11.3. The molecule has 116 valence electrons. The van der Waals surface area contributed by atoms with Gasteiger partial charge in [-0.25, -0.2) is 0 Å². The van der Waals surface area contributed by atoms with Crippen LogP contribution in [0, 0.1) is 20.2 Å². The third-order valence-electron chi connectivity index (χ3n) is 3.48. The van der Waals surface area contributed by atoms with Crippen molar-refractivity contribution in [1.82, 2.24) is 0 Å². The molecule has 0 saturated heterocycles. The van der Waals surface area contributed by atoms with Gasteiger partial charge in [-0.05, 0) is 12.5 Å². The minimum Gasteiger partial charge on any atom is -0.379 e. The molecular formula is C15H17N3O4. The van der Waals surface area contributed by atoms with E-state index < -0.39 is 9.85 Å². The Morgan fingerprint density at radius 1 is 1.00 bits per heavy atom. The highest BCUT2D eigenvalue weighted by Gasteiger charge is 2.24. The van der Waals surface area contributed by atoms with Gasteiger partial charge in [-0.3, -0.25) is 20.2 Å². The highest BCUT2D eigenvalue weighted by molar-refractivity contribution is 6.03. The molecule has 0 bridgehead atoms. The van der Waals surface area contributed by atoms with Crippen LogP contribution < -0.4 is 5.32 Å². The summed E-state index contributed by atoms with van der Waals surface area (Å²) in [6, 6.07) is 7.70. The quantitative estimate of drug-likeness (QED) is 0.468. The number of unbranched alkanes of at least 4 members (excludes halogenated alkanes) is 2. The van der Waals surface area contributed by atoms with Crippen molar-refractivity contribution < 1.29 is 9.85 Å². The molecule has 2 rings (SSSR count). The number of nitrogens with one attached hydrogen (secondary N) is 1. The zero-order chi connectivity index (χ0) is 16.1. The van der Waals surface area contributed by atoms with E-state index in [9.17, 15) is 20.2 Å². The fourth-order valence-electron chi connectivity index (χ4n) is 2.41. The summed E-state index contributed by atoms with van der Waals surface area (Å²) < 4.78 is 0. The van der Waals surface area contributed by atoms with Gasteiger partial charge in [0.25, 0.3) is 11.4 Å². The number of hydrogen-bond acceptors (Lipinski definition) is 5. The summed E-state index contributed by atoms with van der Waals surface area (Å²) in [5.74, 6) is 0. The minimum absolute atomic E-state index is 0.249. The number of nitro groups is 2. The van der Waals surface area contributed by atoms with Crippen LogP contribution in [0.2, 0.25) is 0 Å². The van der Waals surface area contributed by atoms with Crippen LogP contribution in [0.15, 0.2) is 30.3 Å². The van der Waals surface area contributed by atoms with Gasteiger partial charge in [0.05, 0.1) is 21.3 Å². The van der Waals surface area contributed by atoms with Crippen molar-refractivity contribution in [2.45, 2.75) is 26.2 Å². The van der Waals surface area contributed by atoms with Crippen LogP contribution in [0.3, 0.4) is 0 Å². The summed E-state index contributed by atoms with van der Waals surface area (Å²) in [6.45, 7) is 2.67. The molecule has 0 aliphatic carbocycles. The zero-order valence-corrected chi connectivity index (χ0v) is 12.2. The maximum Gasteiger partial charge on any atom is 0.299 e. The molecule has 0 aliphatic heterocycles. The smallest absolute Gasteiger partial charge is 0.299 e. The molecule has 0 fully saturated rings. The number of anilines is 1. The summed E-state index contributed by atoms with van der Waals surface area (Å²) in [4.78, 5) is 21.3. The number of rotatable bonds is 7. The van der Waals surface area contributed by atoms with Crippen molar-refractivity contribution in [2.24, 2.45) is 0 Å². The van der Waals surface area contributed by atoms with Gasteiger partial charge >= 0.3 is 0 Å². The lowest BCUT2D eigenvalue weighted by Crippen LogP contribution is -2.06. The molecule has 22 heavy (non-hydrogen) atoms. The van der Waals surface area contributed by atoms with E-state index >= 15 is 0 Å². The first-order chi connectivity index (χ1) is 10.6. The molecule has 0 spiro atoms. The monoisotopic (exact) mass is 303 g/mol. The van der Waals surface area contributed by atoms with E-state index in [1.54, 1.807) is 24.3 Å². The summed E-state index contributed by atoms with van der Waals surface area (Å²) in [6.07, 6.45) is 2.95. The van der Waals surface area contributed by atoms with Gasteiger partial charge in [0.2, 0.25) is 0 Å². The van der Waals surface area contributed by atoms with E-state index in [4.69, 9.17) is 0 Å². The Morgan fingerprint density at radius 2 is 1.64 bits per heavy atom. The SMILES string of the molecule is CCCCCNc1c([N+](=O)[O-])cc([N+](=O)[O-])c2ccccc12. The van der Waals surface area contributed by atoms with Gasteiger partial charge < -0.3 is 5.32 Å². The highest BCUT2D eigenvalue weighted by Crippen LogP contribution is 2.39. The third kappa shape index (κ3) is 3.13. The number of nitrogens with zero attached hydrogens (tertiary/aromatic N) is 2. The summed E-state index contributed by atoms with van der Waals surface area (Å²) in [7, 11) is 0. The van der Waals surface area contributed by atoms with E-state index in [-0.39, 0.29) is 11.4 Å². The first-order valence-corrected chi connectivity index (χ1v) is 7.14. The maximum atomic E-state index is 11.3. The zero-order valence-electron chi connectivity index (χ0n) is 12.2. The van der Waals surface area contributed by atoms with Gasteiger partial charge in [0, 0.05) is 11.9 Å². The molecule has 0 heterocycles. The molecule has 0 saturated carbocycles. The molecule has 7 heteroatoms. The molecule has 1 N–H and O–H groups in total. The number of benzene rings is 2. The van der Waals surface area contributed by atoms with Crippen molar-refractivity contribution in [2.75, 3.05) is 11.9 Å². The standard InChI is InChI=1S/C15H17N3O4/c1-2-3-6-9-16-15-12-8-5-4-7-11(12)13(17(19)20)10-14(15)18(21)22/h4-5,7-8,10,16H,2-3,6,9H2,1H3. The predicted octanol–water partition coefficient (Wildman–Crippen LogP) is 4.26. The van der Waals surface area contributed by atoms with Crippen LogP contribution in [0.5, 0.6) is 0 Å². The van der Waals surface area contributed by atoms with Crippen LogP contribution in [0.4, 0.5) is 17.1 Å². The molecule has 0 atom stereocenters. The van der Waals surface area contributed by atoms with Gasteiger partial charge in [0.15, 0.2) is 0 Å². The molecule has 2 aromatic rings. The predicted molar refractivity (Wildman–Crippen MR) is 85.3 cm³/mol. The Morgan fingerprint density at radius 3 is 2.23 bits per heavy atom. The highest BCUT2D eigenvalue weighted by atomic mass is 16.6. The molecule has 0 radical (unpaired) electrons. The summed E-state index contributed by atoms with van der Waals surface area (Å²) >= 11 is 0. The topological polar surface area (TPSA) is 98.3 Å². The normalized spacial score (nSPS) is 10.6. The lowest BCUT2D eigenvalue weighted by atomic mass is 10.0. The Balaban J connectivity index is 2.56. The first-order valence-electron chi connectivity index (χ1n) is 7.14. The Bertz CT molecular complexity index is 715. The van der Waals surface area contributed by atoms with Gasteiger partial charge in [0.1, 0.15) is 5.69 Å². The van der Waals surface area contributed by atoms with Gasteiger partial charge in [-0.1, -0.05) is 38.0 Å². The molecule has 0 unspecified atom stereocenters. The van der Waals surface area contributed by atoms with Gasteiger partial charge in [-0.15, -0.1) is 0 Å². The van der Waals surface area contributed by atoms with E-state index in [0.717, 1.165) is 25.3 Å². The Kier molecular flexibility index (Phi) is 4.88. The van der Waals surface area contributed by atoms with E-state index in [0.29, 0.717) is 23.0 Å². The molecular weight excluding hydrogens is 286 g/mol. The van der Waals surface area contributed by atoms with Crippen LogP contribution >= 0.6 is 0 Å². The average Bonchev–Trinajstić information content (AvgIpc) is 2.50. The second-order valence-electron chi connectivity index (χ2n) is 4.98. The average molecular weight is 303 g/mol. The van der Waals surface area contributed by atoms with Gasteiger partial charge in [-0.2, -0.15) is 0 Å². The number of fused-ring (bicyclic) bond motifs is 1. The largest absolute Gasteiger partial charge is 0.379 e. The van der Waals surface area contributed by atoms with Crippen LogP contribution in [-0.4, -0.2) is 16.4 Å². The number of nitro benzene ring substituents is 2. The van der Waals surface area contributed by atoms with Crippen molar-refractivity contribution >= 4 is 27.8 Å². The lowest BCUT2D eigenvalue weighted by molar-refractivity contribution is -0.392. The van der Waals surface area contributed by atoms with Crippen LogP contribution in [-0.2, 0) is 0 Å². The summed E-state index contributed by atoms with van der Waals surface area (Å²) in [5, 5.41) is 26.4. The first kappa shape index (κ1) is 15.7. The summed E-state index contributed by atoms with van der Waals surface area (Å²) in [5.41, 5.74) is -0.161. The van der Waals surface area contributed by atoms with E-state index in [1.807, 2.05) is 0 Å². The second-order valence-corrected chi connectivity index (χ2v) is 4.98. The Labute approximate surface area is 127 Å². The molecule has 0 aromatic heterocycles. The lowest BCUT2D eigenvalue weighted by Gasteiger charge is -2.10. The molecule has 7 nitrogen and oxygen atoms in total. The fraction of sp³-hybridized carbons (Fsp3) is 0.333. The second kappa shape index (κ2) is 6.84. The fourth-order valence-corrected chi connectivity index (χ4v) is 2.41. The van der Waals surface area contributed by atoms with E-state index in [1.165, 1.54) is 0 Å². The molecule has 0 aliphatic rings. The Hall–Kier alpha value is -2.70.